The highest BCUT2D eigenvalue weighted by molar-refractivity contribution is 5.43. The van der Waals surface area contributed by atoms with Crippen molar-refractivity contribution in [1.29, 1.82) is 0 Å². The molecule has 0 bridgehead atoms. The van der Waals surface area contributed by atoms with E-state index in [1.165, 1.54) is 11.1 Å². The summed E-state index contributed by atoms with van der Waals surface area (Å²) in [7, 11) is 0. The third kappa shape index (κ3) is 3.35. The van der Waals surface area contributed by atoms with Crippen molar-refractivity contribution in [2.45, 2.75) is 53.5 Å². The van der Waals surface area contributed by atoms with Crippen molar-refractivity contribution in [2.75, 3.05) is 13.2 Å². The molecule has 0 amide bonds. The summed E-state index contributed by atoms with van der Waals surface area (Å²) in [6, 6.07) is 6.92. The van der Waals surface area contributed by atoms with Gasteiger partial charge in [-0.25, -0.2) is 0 Å². The standard InChI is InChI=1S/C18H29NO/c1-13(2)18(4,5)12-19-16-10-7-11-20-17-14(3)8-6-9-15(16)17/h6,8-9,13,16,19H,7,10-12H2,1-5H3. The Bertz CT molecular complexity index is 451. The molecule has 1 atom stereocenters. The van der Waals surface area contributed by atoms with Gasteiger partial charge in [-0.15, -0.1) is 0 Å². The lowest BCUT2D eigenvalue weighted by Crippen LogP contribution is -2.35. The first kappa shape index (κ1) is 15.4. The Morgan fingerprint density at radius 1 is 1.35 bits per heavy atom. The molecule has 0 fully saturated rings. The molecule has 2 rings (SSSR count). The highest BCUT2D eigenvalue weighted by Gasteiger charge is 2.26. The summed E-state index contributed by atoms with van der Waals surface area (Å²) < 4.78 is 5.95. The second-order valence-electron chi connectivity index (χ2n) is 7.06. The Hall–Kier alpha value is -1.02. The van der Waals surface area contributed by atoms with Crippen molar-refractivity contribution >= 4 is 0 Å². The molecule has 0 radical (unpaired) electrons. The summed E-state index contributed by atoms with van der Waals surface area (Å²) in [4.78, 5) is 0. The van der Waals surface area contributed by atoms with E-state index in [-0.39, 0.29) is 0 Å². The van der Waals surface area contributed by atoms with Crippen LogP contribution in [0.2, 0.25) is 0 Å². The maximum atomic E-state index is 5.95. The van der Waals surface area contributed by atoms with Gasteiger partial charge >= 0.3 is 0 Å². The van der Waals surface area contributed by atoms with Crippen LogP contribution in [0.4, 0.5) is 0 Å². The van der Waals surface area contributed by atoms with Crippen LogP contribution in [-0.2, 0) is 0 Å². The summed E-state index contributed by atoms with van der Waals surface area (Å²) in [6.45, 7) is 13.3. The molecule has 1 aromatic rings. The predicted molar refractivity (Wildman–Crippen MR) is 85.3 cm³/mol. The molecular formula is C18H29NO. The van der Waals surface area contributed by atoms with Crippen molar-refractivity contribution in [3.05, 3.63) is 29.3 Å². The van der Waals surface area contributed by atoms with E-state index in [4.69, 9.17) is 4.74 Å². The fourth-order valence-electron chi connectivity index (χ4n) is 2.57. The van der Waals surface area contributed by atoms with Crippen molar-refractivity contribution in [1.82, 2.24) is 5.32 Å². The number of rotatable bonds is 4. The molecule has 0 aliphatic carbocycles. The summed E-state index contributed by atoms with van der Waals surface area (Å²) in [6.07, 6.45) is 2.28. The van der Waals surface area contributed by atoms with Crippen LogP contribution in [0.15, 0.2) is 18.2 Å². The zero-order chi connectivity index (χ0) is 14.8. The first-order valence-electron chi connectivity index (χ1n) is 7.87. The Balaban J connectivity index is 2.15. The van der Waals surface area contributed by atoms with Gasteiger partial charge in [-0.1, -0.05) is 45.9 Å². The average molecular weight is 275 g/mol. The van der Waals surface area contributed by atoms with E-state index in [1.54, 1.807) is 0 Å². The number of ether oxygens (including phenoxy) is 1. The van der Waals surface area contributed by atoms with Crippen LogP contribution in [0.5, 0.6) is 5.75 Å². The van der Waals surface area contributed by atoms with E-state index in [9.17, 15) is 0 Å². The molecular weight excluding hydrogens is 246 g/mol. The molecule has 1 N–H and O–H groups in total. The first-order valence-corrected chi connectivity index (χ1v) is 7.87. The molecule has 2 nitrogen and oxygen atoms in total. The number of hydrogen-bond donors (Lipinski definition) is 1. The lowest BCUT2D eigenvalue weighted by Gasteiger charge is -2.32. The Labute approximate surface area is 123 Å². The molecule has 1 unspecified atom stereocenters. The number of aryl methyl sites for hydroxylation is 1. The van der Waals surface area contributed by atoms with Gasteiger partial charge in [-0.3, -0.25) is 0 Å². The zero-order valence-corrected chi connectivity index (χ0v) is 13.6. The van der Waals surface area contributed by atoms with Gasteiger partial charge in [0.1, 0.15) is 5.75 Å². The SMILES string of the molecule is Cc1cccc2c1OCCCC2NCC(C)(C)C(C)C. The molecule has 0 saturated carbocycles. The fourth-order valence-corrected chi connectivity index (χ4v) is 2.57. The molecule has 0 spiro atoms. The fraction of sp³-hybridized carbons (Fsp3) is 0.667. The third-order valence-electron chi connectivity index (χ3n) is 4.87. The molecule has 20 heavy (non-hydrogen) atoms. The van der Waals surface area contributed by atoms with Crippen molar-refractivity contribution < 1.29 is 4.74 Å². The van der Waals surface area contributed by atoms with Gasteiger partial charge in [0, 0.05) is 18.2 Å². The second kappa shape index (κ2) is 6.17. The van der Waals surface area contributed by atoms with Crippen LogP contribution >= 0.6 is 0 Å². The van der Waals surface area contributed by atoms with E-state index in [0.717, 1.165) is 31.7 Å². The quantitative estimate of drug-likeness (QED) is 0.874. The van der Waals surface area contributed by atoms with Gasteiger partial charge in [0.05, 0.1) is 6.61 Å². The van der Waals surface area contributed by atoms with Crippen LogP contribution in [0.3, 0.4) is 0 Å². The zero-order valence-electron chi connectivity index (χ0n) is 13.6. The monoisotopic (exact) mass is 275 g/mol. The van der Waals surface area contributed by atoms with Crippen molar-refractivity contribution in [3.63, 3.8) is 0 Å². The Morgan fingerprint density at radius 2 is 2.10 bits per heavy atom. The molecule has 0 saturated heterocycles. The van der Waals surface area contributed by atoms with E-state index in [0.29, 0.717) is 17.4 Å². The minimum absolute atomic E-state index is 0.317. The highest BCUT2D eigenvalue weighted by atomic mass is 16.5. The normalized spacial score (nSPS) is 19.4. The lowest BCUT2D eigenvalue weighted by molar-refractivity contribution is 0.226. The van der Waals surface area contributed by atoms with Gasteiger partial charge in [-0.2, -0.15) is 0 Å². The van der Waals surface area contributed by atoms with Crippen LogP contribution in [0, 0.1) is 18.3 Å². The Kier molecular flexibility index (Phi) is 4.74. The largest absolute Gasteiger partial charge is 0.493 e. The highest BCUT2D eigenvalue weighted by Crippen LogP contribution is 2.35. The van der Waals surface area contributed by atoms with Gasteiger partial charge in [0.15, 0.2) is 0 Å². The molecule has 1 aromatic carbocycles. The van der Waals surface area contributed by atoms with Crippen molar-refractivity contribution in [3.8, 4) is 5.75 Å². The number of fused-ring (bicyclic) bond motifs is 1. The number of hydrogen-bond acceptors (Lipinski definition) is 2. The summed E-state index contributed by atoms with van der Waals surface area (Å²) in [5.74, 6) is 1.78. The Morgan fingerprint density at radius 3 is 2.80 bits per heavy atom. The molecule has 112 valence electrons. The summed E-state index contributed by atoms with van der Waals surface area (Å²) in [5.41, 5.74) is 2.90. The lowest BCUT2D eigenvalue weighted by atomic mass is 9.81. The smallest absolute Gasteiger partial charge is 0.126 e. The maximum absolute atomic E-state index is 5.95. The molecule has 1 aliphatic heterocycles. The van der Waals surface area contributed by atoms with Gasteiger partial charge in [-0.05, 0) is 36.7 Å². The van der Waals surface area contributed by atoms with Gasteiger partial charge in [0.25, 0.3) is 0 Å². The van der Waals surface area contributed by atoms with E-state index in [2.05, 4.69) is 58.1 Å². The molecule has 1 heterocycles. The topological polar surface area (TPSA) is 21.3 Å². The van der Waals surface area contributed by atoms with Crippen molar-refractivity contribution in [2.24, 2.45) is 11.3 Å². The second-order valence-corrected chi connectivity index (χ2v) is 7.06. The average Bonchev–Trinajstić information content (AvgIpc) is 2.59. The van der Waals surface area contributed by atoms with E-state index < -0.39 is 0 Å². The minimum atomic E-state index is 0.317. The molecule has 2 heteroatoms. The molecule has 1 aliphatic rings. The molecule has 0 aromatic heterocycles. The number of benzene rings is 1. The maximum Gasteiger partial charge on any atom is 0.126 e. The number of para-hydroxylation sites is 1. The summed E-state index contributed by atoms with van der Waals surface area (Å²) >= 11 is 0. The third-order valence-corrected chi connectivity index (χ3v) is 4.87. The van der Waals surface area contributed by atoms with E-state index >= 15 is 0 Å². The number of nitrogens with one attached hydrogen (secondary N) is 1. The van der Waals surface area contributed by atoms with Crippen LogP contribution in [0.1, 0.15) is 57.7 Å². The van der Waals surface area contributed by atoms with Crippen LogP contribution in [-0.4, -0.2) is 13.2 Å². The van der Waals surface area contributed by atoms with Crippen LogP contribution in [0.25, 0.3) is 0 Å². The minimum Gasteiger partial charge on any atom is -0.493 e. The summed E-state index contributed by atoms with van der Waals surface area (Å²) in [5, 5.41) is 3.79. The first-order chi connectivity index (χ1) is 9.42. The van der Waals surface area contributed by atoms with Crippen LogP contribution < -0.4 is 10.1 Å². The van der Waals surface area contributed by atoms with Gasteiger partial charge in [0.2, 0.25) is 0 Å². The van der Waals surface area contributed by atoms with E-state index in [1.807, 2.05) is 0 Å². The predicted octanol–water partition coefficient (Wildman–Crippen LogP) is 4.48. The van der Waals surface area contributed by atoms with Gasteiger partial charge < -0.3 is 10.1 Å².